The fraction of sp³-hybridized carbons (Fsp3) is 0.250. The van der Waals surface area contributed by atoms with Crippen molar-refractivity contribution < 1.29 is 0 Å². The second kappa shape index (κ2) is 7.03. The molecule has 0 unspecified atom stereocenters. The summed E-state index contributed by atoms with van der Waals surface area (Å²) in [5.74, 6) is 0. The molecule has 6 heteroatoms. The fourth-order valence-corrected chi connectivity index (χ4v) is 4.02. The van der Waals surface area contributed by atoms with Crippen LogP contribution in [0.5, 0.6) is 0 Å². The van der Waals surface area contributed by atoms with Crippen molar-refractivity contribution in [2.24, 2.45) is 14.1 Å². The third-order valence-corrected chi connectivity index (χ3v) is 5.89. The van der Waals surface area contributed by atoms with Gasteiger partial charge >= 0.3 is 5.69 Å². The van der Waals surface area contributed by atoms with Gasteiger partial charge < -0.3 is 4.57 Å². The average molecular weight is 422 g/mol. The van der Waals surface area contributed by atoms with E-state index in [2.05, 4.69) is 32.9 Å². The largest absolute Gasteiger partial charge is 0.330 e. The lowest BCUT2D eigenvalue weighted by molar-refractivity contribution is 0.590. The summed E-state index contributed by atoms with van der Waals surface area (Å²) in [6.45, 7) is 6.49. The van der Waals surface area contributed by atoms with Crippen LogP contribution < -0.4 is 11.2 Å². The van der Waals surface area contributed by atoms with Crippen molar-refractivity contribution in [3.63, 3.8) is 0 Å². The molecule has 2 aromatic carbocycles. The number of rotatable bonds is 2. The molecule has 2 aromatic heterocycles. The minimum absolute atomic E-state index is 0.0192. The summed E-state index contributed by atoms with van der Waals surface area (Å²) in [5, 5.41) is 1.05. The number of benzene rings is 2. The highest BCUT2D eigenvalue weighted by Crippen LogP contribution is 2.34. The Morgan fingerprint density at radius 2 is 1.50 bits per heavy atom. The maximum absolute atomic E-state index is 13.2. The molecule has 154 valence electrons. The van der Waals surface area contributed by atoms with Crippen LogP contribution >= 0.6 is 11.6 Å². The molecule has 4 rings (SSSR count). The molecule has 0 N–H and O–H groups in total. The number of nitrogens with zero attached hydrogens (tertiary/aromatic N) is 3. The number of fused-ring (bicyclic) bond motifs is 1. The average Bonchev–Trinajstić information content (AvgIpc) is 3.11. The summed E-state index contributed by atoms with van der Waals surface area (Å²) in [4.78, 5) is 25.7. The van der Waals surface area contributed by atoms with Gasteiger partial charge in [0.25, 0.3) is 5.56 Å². The fourth-order valence-electron chi connectivity index (χ4n) is 3.79. The van der Waals surface area contributed by atoms with E-state index in [4.69, 9.17) is 11.6 Å². The van der Waals surface area contributed by atoms with Crippen LogP contribution in [0.15, 0.2) is 64.3 Å². The first-order valence-corrected chi connectivity index (χ1v) is 10.2. The Morgan fingerprint density at radius 1 is 0.867 bits per heavy atom. The van der Waals surface area contributed by atoms with E-state index < -0.39 is 0 Å². The van der Waals surface area contributed by atoms with Crippen LogP contribution in [0, 0.1) is 0 Å². The Bertz CT molecular complexity index is 1380. The molecule has 0 atom stereocenters. The van der Waals surface area contributed by atoms with Gasteiger partial charge in [0.05, 0.1) is 27.3 Å². The molecule has 0 saturated carbocycles. The predicted molar refractivity (Wildman–Crippen MR) is 123 cm³/mol. The molecule has 0 fully saturated rings. The Kier molecular flexibility index (Phi) is 4.74. The van der Waals surface area contributed by atoms with E-state index in [1.165, 1.54) is 17.2 Å². The van der Waals surface area contributed by atoms with E-state index in [1.807, 2.05) is 47.2 Å². The van der Waals surface area contributed by atoms with Crippen LogP contribution in [-0.4, -0.2) is 13.7 Å². The van der Waals surface area contributed by atoms with Crippen LogP contribution in [0.25, 0.3) is 27.8 Å². The van der Waals surface area contributed by atoms with Crippen molar-refractivity contribution in [1.82, 2.24) is 13.7 Å². The molecule has 2 heterocycles. The van der Waals surface area contributed by atoms with Crippen molar-refractivity contribution >= 4 is 22.5 Å². The van der Waals surface area contributed by atoms with Crippen molar-refractivity contribution in [2.45, 2.75) is 26.2 Å². The molecule has 4 aromatic rings. The Labute approximate surface area is 179 Å². The summed E-state index contributed by atoms with van der Waals surface area (Å²) < 4.78 is 4.54. The van der Waals surface area contributed by atoms with E-state index in [0.29, 0.717) is 15.9 Å². The summed E-state index contributed by atoms with van der Waals surface area (Å²) in [6.07, 6.45) is 1.81. The number of aryl methyl sites for hydroxylation is 1. The molecule has 0 spiro atoms. The number of aromatic nitrogens is 3. The number of hydrogen-bond acceptors (Lipinski definition) is 2. The molecule has 30 heavy (non-hydrogen) atoms. The van der Waals surface area contributed by atoms with Crippen LogP contribution in [0.4, 0.5) is 0 Å². The molecule has 0 aliphatic heterocycles. The van der Waals surface area contributed by atoms with Gasteiger partial charge in [-0.05, 0) is 28.7 Å². The standard InChI is InChI=1S/C24H24ClN3O2/c1-24(2,3)16-12-10-15(11-13-16)21-20-19(26(4)23(30)27(5)22(20)29)14-28(21)18-9-7-6-8-17(18)25/h6-14H,1-5H3. The molecule has 0 bridgehead atoms. The van der Waals surface area contributed by atoms with Crippen LogP contribution in [-0.2, 0) is 19.5 Å². The highest BCUT2D eigenvalue weighted by molar-refractivity contribution is 6.32. The van der Waals surface area contributed by atoms with Crippen LogP contribution in [0.2, 0.25) is 5.02 Å². The molecule has 0 radical (unpaired) electrons. The van der Waals surface area contributed by atoms with Gasteiger partial charge in [0.2, 0.25) is 0 Å². The molecule has 5 nitrogen and oxygen atoms in total. The molecule has 0 aliphatic rings. The Balaban J connectivity index is 2.14. The van der Waals surface area contributed by atoms with E-state index in [1.54, 1.807) is 7.05 Å². The normalized spacial score (nSPS) is 11.9. The summed E-state index contributed by atoms with van der Waals surface area (Å²) in [5.41, 5.74) is 3.45. The third kappa shape index (κ3) is 3.10. The zero-order valence-corrected chi connectivity index (χ0v) is 18.5. The molecule has 0 saturated heterocycles. The number of para-hydroxylation sites is 1. The Hall–Kier alpha value is -3.05. The number of halogens is 1. The van der Waals surface area contributed by atoms with Gasteiger partial charge in [-0.15, -0.1) is 0 Å². The zero-order valence-electron chi connectivity index (χ0n) is 17.7. The first kappa shape index (κ1) is 20.2. The van der Waals surface area contributed by atoms with E-state index in [-0.39, 0.29) is 16.7 Å². The van der Waals surface area contributed by atoms with E-state index in [0.717, 1.165) is 21.5 Å². The van der Waals surface area contributed by atoms with Gasteiger partial charge in [0, 0.05) is 20.3 Å². The minimum Gasteiger partial charge on any atom is -0.312 e. The lowest BCUT2D eigenvalue weighted by atomic mass is 9.86. The van der Waals surface area contributed by atoms with Gasteiger partial charge in [-0.3, -0.25) is 13.9 Å². The predicted octanol–water partition coefficient (Wildman–Crippen LogP) is 4.65. The van der Waals surface area contributed by atoms with Crippen LogP contribution in [0.3, 0.4) is 0 Å². The van der Waals surface area contributed by atoms with Crippen molar-refractivity contribution in [1.29, 1.82) is 0 Å². The highest BCUT2D eigenvalue weighted by Gasteiger charge is 2.22. The number of hydrogen-bond donors (Lipinski definition) is 0. The second-order valence-electron chi connectivity index (χ2n) is 8.59. The maximum atomic E-state index is 13.2. The highest BCUT2D eigenvalue weighted by atomic mass is 35.5. The van der Waals surface area contributed by atoms with Crippen molar-refractivity contribution in [2.75, 3.05) is 0 Å². The van der Waals surface area contributed by atoms with Crippen molar-refractivity contribution in [3.8, 4) is 16.9 Å². The first-order valence-electron chi connectivity index (χ1n) is 9.78. The molecular weight excluding hydrogens is 398 g/mol. The van der Waals surface area contributed by atoms with E-state index >= 15 is 0 Å². The third-order valence-electron chi connectivity index (χ3n) is 5.58. The summed E-state index contributed by atoms with van der Waals surface area (Å²) >= 11 is 6.50. The smallest absolute Gasteiger partial charge is 0.312 e. The maximum Gasteiger partial charge on any atom is 0.330 e. The molecule has 0 amide bonds. The lowest BCUT2D eigenvalue weighted by Crippen LogP contribution is -2.36. The summed E-state index contributed by atoms with van der Waals surface area (Å²) in [6, 6.07) is 15.7. The Morgan fingerprint density at radius 3 is 2.10 bits per heavy atom. The lowest BCUT2D eigenvalue weighted by Gasteiger charge is -2.19. The quantitative estimate of drug-likeness (QED) is 0.473. The van der Waals surface area contributed by atoms with Gasteiger partial charge in [0.1, 0.15) is 0 Å². The van der Waals surface area contributed by atoms with Crippen molar-refractivity contribution in [3.05, 3.63) is 86.2 Å². The monoisotopic (exact) mass is 421 g/mol. The first-order chi connectivity index (χ1) is 14.1. The molecule has 0 aliphatic carbocycles. The topological polar surface area (TPSA) is 48.9 Å². The second-order valence-corrected chi connectivity index (χ2v) is 9.00. The molecular formula is C24H24ClN3O2. The van der Waals surface area contributed by atoms with Gasteiger partial charge in [-0.1, -0.05) is 68.8 Å². The van der Waals surface area contributed by atoms with E-state index in [9.17, 15) is 9.59 Å². The SMILES string of the molecule is Cn1c(=O)c2c(-c3ccc(C(C)(C)C)cc3)n(-c3ccccc3Cl)cc2n(C)c1=O. The summed E-state index contributed by atoms with van der Waals surface area (Å²) in [7, 11) is 3.18. The minimum atomic E-state index is -0.363. The van der Waals surface area contributed by atoms with Gasteiger partial charge in [0.15, 0.2) is 0 Å². The van der Waals surface area contributed by atoms with Gasteiger partial charge in [-0.25, -0.2) is 4.79 Å². The van der Waals surface area contributed by atoms with Gasteiger partial charge in [-0.2, -0.15) is 0 Å². The van der Waals surface area contributed by atoms with Crippen LogP contribution in [0.1, 0.15) is 26.3 Å². The zero-order chi connectivity index (χ0) is 21.8.